The predicted octanol–water partition coefficient (Wildman–Crippen LogP) is 5.37. The van der Waals surface area contributed by atoms with Crippen LogP contribution >= 0.6 is 22.9 Å². The lowest BCUT2D eigenvalue weighted by Gasteiger charge is -2.19. The Bertz CT molecular complexity index is 875. The molecular formula is C21H24ClNO4S. The van der Waals surface area contributed by atoms with Crippen molar-refractivity contribution in [3.05, 3.63) is 50.7 Å². The molecule has 0 bridgehead atoms. The van der Waals surface area contributed by atoms with Gasteiger partial charge < -0.3 is 10.1 Å². The van der Waals surface area contributed by atoms with E-state index in [-0.39, 0.29) is 24.5 Å². The maximum atomic E-state index is 12.5. The summed E-state index contributed by atoms with van der Waals surface area (Å²) in [5.74, 6) is -0.925. The zero-order chi connectivity index (χ0) is 20.8. The van der Waals surface area contributed by atoms with Crippen LogP contribution in [0.3, 0.4) is 0 Å². The molecule has 1 amide bonds. The van der Waals surface area contributed by atoms with Crippen LogP contribution in [0.15, 0.2) is 30.3 Å². The number of nitrogens with one attached hydrogen (secondary N) is 1. The van der Waals surface area contributed by atoms with Gasteiger partial charge in [0.1, 0.15) is 0 Å². The van der Waals surface area contributed by atoms with E-state index in [4.69, 9.17) is 16.3 Å². The van der Waals surface area contributed by atoms with Gasteiger partial charge >= 0.3 is 5.97 Å². The number of ether oxygens (including phenoxy) is 1. The Morgan fingerprint density at radius 3 is 2.43 bits per heavy atom. The summed E-state index contributed by atoms with van der Waals surface area (Å²) in [5, 5.41) is 2.86. The number of anilines is 1. The van der Waals surface area contributed by atoms with Gasteiger partial charge in [0, 0.05) is 12.1 Å². The van der Waals surface area contributed by atoms with E-state index in [1.54, 1.807) is 12.1 Å². The Hall–Kier alpha value is -2.18. The molecule has 0 spiro atoms. The van der Waals surface area contributed by atoms with Gasteiger partial charge in [-0.2, -0.15) is 0 Å². The Labute approximate surface area is 174 Å². The number of esters is 1. The maximum absolute atomic E-state index is 12.5. The highest BCUT2D eigenvalue weighted by Crippen LogP contribution is 2.27. The van der Waals surface area contributed by atoms with Crippen LogP contribution in [0.4, 0.5) is 5.69 Å². The molecule has 5 nitrogen and oxygen atoms in total. The monoisotopic (exact) mass is 421 g/mol. The molecule has 0 aliphatic carbocycles. The van der Waals surface area contributed by atoms with Crippen LogP contribution in [0.25, 0.3) is 0 Å². The number of benzene rings is 1. The lowest BCUT2D eigenvalue weighted by atomic mass is 9.98. The van der Waals surface area contributed by atoms with Crippen LogP contribution < -0.4 is 5.32 Å². The molecule has 0 unspecified atom stereocenters. The molecule has 7 heteroatoms. The van der Waals surface area contributed by atoms with Gasteiger partial charge in [0.05, 0.1) is 15.6 Å². The lowest BCUT2D eigenvalue weighted by Crippen LogP contribution is -2.30. The minimum absolute atomic E-state index is 0.0132. The molecular weight excluding hydrogens is 398 g/mol. The number of halogens is 1. The summed E-state index contributed by atoms with van der Waals surface area (Å²) >= 11 is 6.98. The molecule has 1 N–H and O–H groups in total. The molecule has 1 aromatic heterocycles. The number of hydrogen-bond acceptors (Lipinski definition) is 5. The van der Waals surface area contributed by atoms with Crippen molar-refractivity contribution in [1.82, 2.24) is 0 Å². The Morgan fingerprint density at radius 2 is 1.82 bits per heavy atom. The number of para-hydroxylation sites is 1. The van der Waals surface area contributed by atoms with Gasteiger partial charge in [-0.25, -0.2) is 0 Å². The zero-order valence-corrected chi connectivity index (χ0v) is 17.9. The van der Waals surface area contributed by atoms with Gasteiger partial charge in [0.2, 0.25) is 0 Å². The molecule has 0 saturated heterocycles. The summed E-state index contributed by atoms with van der Waals surface area (Å²) < 4.78 is 5.71. The van der Waals surface area contributed by atoms with Crippen molar-refractivity contribution in [2.75, 3.05) is 5.32 Å². The van der Waals surface area contributed by atoms with Crippen molar-refractivity contribution in [1.29, 1.82) is 0 Å². The van der Waals surface area contributed by atoms with E-state index in [1.165, 1.54) is 18.3 Å². The van der Waals surface area contributed by atoms with Crippen LogP contribution in [0.5, 0.6) is 0 Å². The van der Waals surface area contributed by atoms with Gasteiger partial charge in [-0.05, 0) is 43.0 Å². The van der Waals surface area contributed by atoms with E-state index in [0.29, 0.717) is 9.21 Å². The number of rotatable bonds is 8. The zero-order valence-electron chi connectivity index (χ0n) is 16.4. The minimum Gasteiger partial charge on any atom is -0.453 e. The molecule has 0 aliphatic heterocycles. The second-order valence-electron chi connectivity index (χ2n) is 6.84. The molecule has 0 fully saturated rings. The number of Topliss-reactive ketones (excluding diaryl/α,β-unsaturated/α-hetero) is 1. The van der Waals surface area contributed by atoms with Crippen molar-refractivity contribution in [3.8, 4) is 0 Å². The number of ketones is 1. The van der Waals surface area contributed by atoms with Crippen LogP contribution in [-0.4, -0.2) is 23.8 Å². The summed E-state index contributed by atoms with van der Waals surface area (Å²) in [7, 11) is 0. The highest BCUT2D eigenvalue weighted by Gasteiger charge is 2.21. The molecule has 2 rings (SSSR count). The molecule has 150 valence electrons. The number of carbonyl (C=O) groups is 3. The second kappa shape index (κ2) is 9.85. The van der Waals surface area contributed by atoms with E-state index in [2.05, 4.69) is 5.32 Å². The molecule has 1 aromatic carbocycles. The van der Waals surface area contributed by atoms with Crippen molar-refractivity contribution >= 4 is 46.3 Å². The molecule has 1 atom stereocenters. The van der Waals surface area contributed by atoms with Gasteiger partial charge in [-0.3, -0.25) is 14.4 Å². The third-order valence-electron chi connectivity index (χ3n) is 4.26. The smallest absolute Gasteiger partial charge is 0.307 e. The fourth-order valence-electron chi connectivity index (χ4n) is 2.68. The fraction of sp³-hybridized carbons (Fsp3) is 0.381. The Balaban J connectivity index is 1.90. The molecule has 1 heterocycles. The fourth-order valence-corrected chi connectivity index (χ4v) is 3.69. The maximum Gasteiger partial charge on any atom is 0.307 e. The average Bonchev–Trinajstić information content (AvgIpc) is 3.07. The van der Waals surface area contributed by atoms with Gasteiger partial charge in [0.15, 0.2) is 11.9 Å². The molecule has 2 aromatic rings. The van der Waals surface area contributed by atoms with E-state index in [1.807, 2.05) is 39.0 Å². The number of amides is 1. The van der Waals surface area contributed by atoms with E-state index < -0.39 is 18.0 Å². The van der Waals surface area contributed by atoms with Crippen molar-refractivity contribution in [2.24, 2.45) is 0 Å². The first-order chi connectivity index (χ1) is 13.2. The standard InChI is InChI=1S/C21H24ClNO4S/c1-12(2)15-7-5-6-13(3)20(15)23-21(26)14(4)27-19(25)11-8-16(24)17-9-10-18(22)28-17/h5-7,9-10,12,14H,8,11H2,1-4H3,(H,23,26)/t14-/m1/s1. The van der Waals surface area contributed by atoms with Crippen molar-refractivity contribution < 1.29 is 19.1 Å². The summed E-state index contributed by atoms with van der Waals surface area (Å²) in [6, 6.07) is 9.10. The quantitative estimate of drug-likeness (QED) is 0.459. The van der Waals surface area contributed by atoms with Crippen molar-refractivity contribution in [3.63, 3.8) is 0 Å². The van der Waals surface area contributed by atoms with Crippen molar-refractivity contribution in [2.45, 2.75) is 52.6 Å². The first-order valence-electron chi connectivity index (χ1n) is 9.07. The average molecular weight is 422 g/mol. The highest BCUT2D eigenvalue weighted by molar-refractivity contribution is 7.18. The Kier molecular flexibility index (Phi) is 7.78. The van der Waals surface area contributed by atoms with E-state index in [9.17, 15) is 14.4 Å². The van der Waals surface area contributed by atoms with Crippen LogP contribution in [0.1, 0.15) is 60.3 Å². The second-order valence-corrected chi connectivity index (χ2v) is 8.56. The lowest BCUT2D eigenvalue weighted by molar-refractivity contribution is -0.153. The van der Waals surface area contributed by atoms with E-state index in [0.717, 1.165) is 16.8 Å². The normalized spacial score (nSPS) is 11.9. The SMILES string of the molecule is Cc1cccc(C(C)C)c1NC(=O)[C@@H](C)OC(=O)CCC(=O)c1ccc(Cl)s1. The summed E-state index contributed by atoms with van der Waals surface area (Å²) in [5.41, 5.74) is 2.71. The highest BCUT2D eigenvalue weighted by atomic mass is 35.5. The van der Waals surface area contributed by atoms with E-state index >= 15 is 0 Å². The number of carbonyl (C=O) groups excluding carboxylic acids is 3. The number of aryl methyl sites for hydroxylation is 1. The van der Waals surface area contributed by atoms with Gasteiger partial charge in [-0.1, -0.05) is 43.6 Å². The third-order valence-corrected chi connectivity index (χ3v) is 5.53. The third kappa shape index (κ3) is 5.91. The number of hydrogen-bond donors (Lipinski definition) is 1. The number of thiophene rings is 1. The minimum atomic E-state index is -0.960. The summed E-state index contributed by atoms with van der Waals surface area (Å²) in [6.45, 7) is 7.53. The Morgan fingerprint density at radius 1 is 1.11 bits per heavy atom. The van der Waals surface area contributed by atoms with Gasteiger partial charge in [0.25, 0.3) is 5.91 Å². The predicted molar refractivity (Wildman–Crippen MR) is 112 cm³/mol. The molecule has 0 saturated carbocycles. The molecule has 0 aliphatic rings. The first-order valence-corrected chi connectivity index (χ1v) is 10.3. The summed E-state index contributed by atoms with van der Waals surface area (Å²) in [6.07, 6.45) is -1.04. The van der Waals surface area contributed by atoms with Gasteiger partial charge in [-0.15, -0.1) is 11.3 Å². The van der Waals surface area contributed by atoms with Crippen LogP contribution in [0, 0.1) is 6.92 Å². The molecule has 28 heavy (non-hydrogen) atoms. The summed E-state index contributed by atoms with van der Waals surface area (Å²) in [4.78, 5) is 37.0. The first kappa shape index (κ1) is 22.1. The van der Waals surface area contributed by atoms with Crippen LogP contribution in [-0.2, 0) is 14.3 Å². The largest absolute Gasteiger partial charge is 0.453 e. The van der Waals surface area contributed by atoms with Crippen LogP contribution in [0.2, 0.25) is 4.34 Å². The topological polar surface area (TPSA) is 72.5 Å². The molecule has 0 radical (unpaired) electrons.